The molecule has 0 saturated carbocycles. The molecule has 0 atom stereocenters. The highest BCUT2D eigenvalue weighted by atomic mass is 16.1. The molecule has 1 aliphatic rings. The molecule has 4 nitrogen and oxygen atoms in total. The summed E-state index contributed by atoms with van der Waals surface area (Å²) < 4.78 is 0. The number of nitrogen functional groups attached to an aromatic ring is 1. The highest BCUT2D eigenvalue weighted by Gasteiger charge is 2.16. The van der Waals surface area contributed by atoms with Crippen molar-refractivity contribution >= 4 is 23.0 Å². The van der Waals surface area contributed by atoms with Crippen LogP contribution < -0.4 is 16.0 Å². The quantitative estimate of drug-likeness (QED) is 0.618. The maximum atomic E-state index is 11.4. The molecule has 0 aromatic heterocycles. The molecule has 2 rings (SSSR count). The number of benzene rings is 1. The normalized spacial score (nSPS) is 14.7. The van der Waals surface area contributed by atoms with Crippen molar-refractivity contribution in [1.29, 1.82) is 0 Å². The SMILES string of the molecule is C=CC(=O)Nc1cc(N)ccc1N1CCCC1. The molecule has 1 heterocycles. The Bertz CT molecular complexity index is 436. The fourth-order valence-electron chi connectivity index (χ4n) is 2.07. The molecular weight excluding hydrogens is 214 g/mol. The van der Waals surface area contributed by atoms with E-state index in [1.165, 1.54) is 18.9 Å². The molecule has 1 saturated heterocycles. The molecule has 0 radical (unpaired) electrons. The second-order valence-electron chi connectivity index (χ2n) is 4.16. The summed E-state index contributed by atoms with van der Waals surface area (Å²) in [7, 11) is 0. The highest BCUT2D eigenvalue weighted by Crippen LogP contribution is 2.30. The number of nitrogens with one attached hydrogen (secondary N) is 1. The van der Waals surface area contributed by atoms with Gasteiger partial charge in [-0.25, -0.2) is 0 Å². The van der Waals surface area contributed by atoms with Gasteiger partial charge in [0.05, 0.1) is 11.4 Å². The van der Waals surface area contributed by atoms with Crippen LogP contribution in [0.1, 0.15) is 12.8 Å². The lowest BCUT2D eigenvalue weighted by atomic mass is 10.2. The van der Waals surface area contributed by atoms with Crippen LogP contribution in [0.2, 0.25) is 0 Å². The Kier molecular flexibility index (Phi) is 3.32. The third-order valence-corrected chi connectivity index (χ3v) is 2.91. The van der Waals surface area contributed by atoms with Gasteiger partial charge in [0.25, 0.3) is 0 Å². The first kappa shape index (κ1) is 11.5. The van der Waals surface area contributed by atoms with E-state index in [2.05, 4.69) is 16.8 Å². The zero-order valence-corrected chi connectivity index (χ0v) is 9.78. The van der Waals surface area contributed by atoms with Crippen molar-refractivity contribution in [3.05, 3.63) is 30.9 Å². The highest BCUT2D eigenvalue weighted by molar-refractivity contribution is 6.01. The number of anilines is 3. The Balaban J connectivity index is 2.29. The Morgan fingerprint density at radius 1 is 1.41 bits per heavy atom. The number of rotatable bonds is 3. The lowest BCUT2D eigenvalue weighted by Gasteiger charge is -2.21. The van der Waals surface area contributed by atoms with Crippen molar-refractivity contribution < 1.29 is 4.79 Å². The van der Waals surface area contributed by atoms with Crippen molar-refractivity contribution in [1.82, 2.24) is 0 Å². The average molecular weight is 231 g/mol. The van der Waals surface area contributed by atoms with Gasteiger partial charge in [0.2, 0.25) is 5.91 Å². The summed E-state index contributed by atoms with van der Waals surface area (Å²) in [5.41, 5.74) is 8.19. The molecule has 4 heteroatoms. The maximum Gasteiger partial charge on any atom is 0.247 e. The van der Waals surface area contributed by atoms with Crippen LogP contribution in [0.15, 0.2) is 30.9 Å². The first-order valence-corrected chi connectivity index (χ1v) is 5.78. The summed E-state index contributed by atoms with van der Waals surface area (Å²) in [6.07, 6.45) is 3.65. The average Bonchev–Trinajstić information content (AvgIpc) is 2.82. The number of amides is 1. The Labute approximate surface area is 101 Å². The second-order valence-corrected chi connectivity index (χ2v) is 4.16. The predicted octanol–water partition coefficient (Wildman–Crippen LogP) is 1.99. The van der Waals surface area contributed by atoms with E-state index in [9.17, 15) is 4.79 Å². The molecule has 3 N–H and O–H groups in total. The summed E-state index contributed by atoms with van der Waals surface area (Å²) in [6, 6.07) is 5.60. The molecule has 1 aromatic carbocycles. The topological polar surface area (TPSA) is 58.4 Å². The Hall–Kier alpha value is -1.97. The zero-order chi connectivity index (χ0) is 12.3. The smallest absolute Gasteiger partial charge is 0.247 e. The van der Waals surface area contributed by atoms with Gasteiger partial charge in [0.15, 0.2) is 0 Å². The lowest BCUT2D eigenvalue weighted by molar-refractivity contribution is -0.111. The summed E-state index contributed by atoms with van der Waals surface area (Å²) in [5, 5.41) is 2.80. The molecular formula is C13H17N3O. The molecule has 1 amide bonds. The third-order valence-electron chi connectivity index (χ3n) is 2.91. The second kappa shape index (κ2) is 4.91. The van der Waals surface area contributed by atoms with Crippen molar-refractivity contribution in [2.24, 2.45) is 0 Å². The number of carbonyl (C=O) groups excluding carboxylic acids is 1. The van der Waals surface area contributed by atoms with E-state index in [0.717, 1.165) is 24.5 Å². The summed E-state index contributed by atoms with van der Waals surface area (Å²) in [6.45, 7) is 5.51. The molecule has 1 aromatic rings. The maximum absolute atomic E-state index is 11.4. The van der Waals surface area contributed by atoms with Crippen molar-refractivity contribution in [3.63, 3.8) is 0 Å². The molecule has 1 fully saturated rings. The van der Waals surface area contributed by atoms with Gasteiger partial charge in [-0.15, -0.1) is 0 Å². The molecule has 0 spiro atoms. The fraction of sp³-hybridized carbons (Fsp3) is 0.308. The van der Waals surface area contributed by atoms with Crippen LogP contribution in [-0.4, -0.2) is 19.0 Å². The van der Waals surface area contributed by atoms with E-state index in [-0.39, 0.29) is 5.91 Å². The Morgan fingerprint density at radius 3 is 2.76 bits per heavy atom. The molecule has 90 valence electrons. The van der Waals surface area contributed by atoms with E-state index in [0.29, 0.717) is 5.69 Å². The minimum Gasteiger partial charge on any atom is -0.399 e. The Morgan fingerprint density at radius 2 is 2.12 bits per heavy atom. The molecule has 1 aliphatic heterocycles. The molecule has 0 aliphatic carbocycles. The van der Waals surface area contributed by atoms with Gasteiger partial charge in [-0.1, -0.05) is 6.58 Å². The van der Waals surface area contributed by atoms with Gasteiger partial charge in [0, 0.05) is 18.8 Å². The summed E-state index contributed by atoms with van der Waals surface area (Å²) in [5.74, 6) is -0.212. The lowest BCUT2D eigenvalue weighted by Crippen LogP contribution is -2.20. The van der Waals surface area contributed by atoms with Crippen LogP contribution in [0.5, 0.6) is 0 Å². The van der Waals surface area contributed by atoms with Crippen LogP contribution in [0.3, 0.4) is 0 Å². The number of carbonyl (C=O) groups is 1. The minimum atomic E-state index is -0.212. The van der Waals surface area contributed by atoms with E-state index in [1.807, 2.05) is 12.1 Å². The number of hydrogen-bond donors (Lipinski definition) is 2. The van der Waals surface area contributed by atoms with Crippen molar-refractivity contribution in [2.45, 2.75) is 12.8 Å². The first-order chi connectivity index (χ1) is 8.20. The molecule has 17 heavy (non-hydrogen) atoms. The van der Waals surface area contributed by atoms with Gasteiger partial charge in [-0.05, 0) is 37.1 Å². The fourth-order valence-corrected chi connectivity index (χ4v) is 2.07. The van der Waals surface area contributed by atoms with Crippen LogP contribution in [0.25, 0.3) is 0 Å². The molecule has 0 bridgehead atoms. The van der Waals surface area contributed by atoms with Gasteiger partial charge in [-0.3, -0.25) is 4.79 Å². The number of hydrogen-bond acceptors (Lipinski definition) is 3. The first-order valence-electron chi connectivity index (χ1n) is 5.78. The number of nitrogens with zero attached hydrogens (tertiary/aromatic N) is 1. The van der Waals surface area contributed by atoms with Gasteiger partial charge in [0.1, 0.15) is 0 Å². The van der Waals surface area contributed by atoms with Crippen molar-refractivity contribution in [3.8, 4) is 0 Å². The number of nitrogens with two attached hydrogens (primary N) is 1. The van der Waals surface area contributed by atoms with E-state index in [1.54, 1.807) is 6.07 Å². The molecule has 0 unspecified atom stereocenters. The largest absolute Gasteiger partial charge is 0.399 e. The van der Waals surface area contributed by atoms with Gasteiger partial charge in [-0.2, -0.15) is 0 Å². The minimum absolute atomic E-state index is 0.212. The van der Waals surface area contributed by atoms with Crippen LogP contribution in [-0.2, 0) is 4.79 Å². The summed E-state index contributed by atoms with van der Waals surface area (Å²) >= 11 is 0. The predicted molar refractivity (Wildman–Crippen MR) is 71.1 cm³/mol. The van der Waals surface area contributed by atoms with Crippen LogP contribution >= 0.6 is 0 Å². The van der Waals surface area contributed by atoms with E-state index >= 15 is 0 Å². The van der Waals surface area contributed by atoms with E-state index < -0.39 is 0 Å². The van der Waals surface area contributed by atoms with E-state index in [4.69, 9.17) is 5.73 Å². The summed E-state index contributed by atoms with van der Waals surface area (Å²) in [4.78, 5) is 13.6. The third kappa shape index (κ3) is 2.58. The van der Waals surface area contributed by atoms with Crippen LogP contribution in [0.4, 0.5) is 17.1 Å². The zero-order valence-electron chi connectivity index (χ0n) is 9.78. The van der Waals surface area contributed by atoms with Gasteiger partial charge >= 0.3 is 0 Å². The standard InChI is InChI=1S/C13H17N3O/c1-2-13(17)15-11-9-10(14)5-6-12(11)16-7-3-4-8-16/h2,5-6,9H,1,3-4,7-8,14H2,(H,15,17). The van der Waals surface area contributed by atoms with Gasteiger partial charge < -0.3 is 16.0 Å². The van der Waals surface area contributed by atoms with Crippen LogP contribution in [0, 0.1) is 0 Å². The van der Waals surface area contributed by atoms with Crippen molar-refractivity contribution in [2.75, 3.05) is 29.0 Å². The monoisotopic (exact) mass is 231 g/mol.